The van der Waals surface area contributed by atoms with Crippen LogP contribution in [-0.4, -0.2) is 23.0 Å². The molecule has 0 aliphatic rings. The van der Waals surface area contributed by atoms with Crippen molar-refractivity contribution in [3.63, 3.8) is 0 Å². The lowest BCUT2D eigenvalue weighted by atomic mass is 9.97. The van der Waals surface area contributed by atoms with Crippen LogP contribution in [-0.2, 0) is 6.42 Å². The van der Waals surface area contributed by atoms with Gasteiger partial charge in [0.2, 0.25) is 0 Å². The fourth-order valence-corrected chi connectivity index (χ4v) is 2.45. The number of thioether (sulfide) groups is 1. The lowest BCUT2D eigenvalue weighted by Gasteiger charge is -2.14. The third kappa shape index (κ3) is 6.31. The Morgan fingerprint density at radius 1 is 1.33 bits per heavy atom. The van der Waals surface area contributed by atoms with E-state index in [2.05, 4.69) is 0 Å². The van der Waals surface area contributed by atoms with Crippen LogP contribution in [0.2, 0.25) is 0 Å². The van der Waals surface area contributed by atoms with E-state index in [0.29, 0.717) is 12.8 Å². The number of aliphatic hydroxyl groups excluding tert-OH is 1. The molecule has 1 aromatic rings. The van der Waals surface area contributed by atoms with Crippen molar-refractivity contribution < 1.29 is 18.3 Å². The van der Waals surface area contributed by atoms with E-state index in [1.807, 2.05) is 31.2 Å². The van der Waals surface area contributed by atoms with Crippen molar-refractivity contribution in [1.82, 2.24) is 0 Å². The van der Waals surface area contributed by atoms with E-state index in [4.69, 9.17) is 0 Å². The Bertz CT molecular complexity index is 365. The largest absolute Gasteiger partial charge is 0.441 e. The maximum Gasteiger partial charge on any atom is 0.441 e. The number of alkyl halides is 3. The molecule has 0 saturated heterocycles. The SMILES string of the molecule is Cc1cccc(CC(CO)CCSC(F)(F)F)c1. The van der Waals surface area contributed by atoms with Gasteiger partial charge in [-0.15, -0.1) is 0 Å². The van der Waals surface area contributed by atoms with Gasteiger partial charge in [0.1, 0.15) is 0 Å². The number of hydrogen-bond donors (Lipinski definition) is 1. The zero-order chi connectivity index (χ0) is 13.6. The molecular formula is C13H17F3OS. The van der Waals surface area contributed by atoms with E-state index >= 15 is 0 Å². The molecule has 1 N–H and O–H groups in total. The molecule has 1 aromatic carbocycles. The van der Waals surface area contributed by atoms with Gasteiger partial charge in [-0.1, -0.05) is 41.6 Å². The first-order valence-corrected chi connectivity index (χ1v) is 6.76. The highest BCUT2D eigenvalue weighted by Gasteiger charge is 2.28. The van der Waals surface area contributed by atoms with Gasteiger partial charge in [-0.2, -0.15) is 13.2 Å². The minimum absolute atomic E-state index is 0.000538. The Morgan fingerprint density at radius 2 is 2.06 bits per heavy atom. The summed E-state index contributed by atoms with van der Waals surface area (Å²) >= 11 is -0.0201. The van der Waals surface area contributed by atoms with Crippen molar-refractivity contribution in [1.29, 1.82) is 0 Å². The van der Waals surface area contributed by atoms with Crippen LogP contribution in [0.1, 0.15) is 17.5 Å². The number of aliphatic hydroxyl groups is 1. The van der Waals surface area contributed by atoms with Gasteiger partial charge in [0.15, 0.2) is 0 Å². The van der Waals surface area contributed by atoms with Crippen LogP contribution < -0.4 is 0 Å². The van der Waals surface area contributed by atoms with Crippen LogP contribution >= 0.6 is 11.8 Å². The Labute approximate surface area is 109 Å². The van der Waals surface area contributed by atoms with Crippen molar-refractivity contribution >= 4 is 11.8 Å². The second-order valence-corrected chi connectivity index (χ2v) is 5.48. The highest BCUT2D eigenvalue weighted by atomic mass is 32.2. The van der Waals surface area contributed by atoms with E-state index in [1.165, 1.54) is 0 Å². The zero-order valence-electron chi connectivity index (χ0n) is 10.2. The zero-order valence-corrected chi connectivity index (χ0v) is 11.0. The minimum atomic E-state index is -4.18. The second kappa shape index (κ2) is 7.04. The fraction of sp³-hybridized carbons (Fsp3) is 0.538. The first kappa shape index (κ1) is 15.4. The topological polar surface area (TPSA) is 20.2 Å². The third-order valence-electron chi connectivity index (χ3n) is 2.66. The van der Waals surface area contributed by atoms with Crippen LogP contribution in [0.25, 0.3) is 0 Å². The molecule has 0 radical (unpaired) electrons. The number of hydrogen-bond acceptors (Lipinski definition) is 2. The van der Waals surface area contributed by atoms with Crippen LogP contribution in [0.4, 0.5) is 13.2 Å². The summed E-state index contributed by atoms with van der Waals surface area (Å²) in [6.45, 7) is 1.89. The van der Waals surface area contributed by atoms with Crippen LogP contribution in [0, 0.1) is 12.8 Å². The van der Waals surface area contributed by atoms with Gasteiger partial charge in [0.05, 0.1) is 0 Å². The average molecular weight is 278 g/mol. The molecule has 0 spiro atoms. The minimum Gasteiger partial charge on any atom is -0.396 e. The lowest BCUT2D eigenvalue weighted by Crippen LogP contribution is -2.12. The molecule has 0 aliphatic heterocycles. The summed E-state index contributed by atoms with van der Waals surface area (Å²) in [5.74, 6) is -0.109. The van der Waals surface area contributed by atoms with Crippen molar-refractivity contribution in [2.75, 3.05) is 12.4 Å². The molecule has 102 valence electrons. The summed E-state index contributed by atoms with van der Waals surface area (Å²) in [6, 6.07) is 7.83. The molecule has 5 heteroatoms. The monoisotopic (exact) mass is 278 g/mol. The molecule has 1 unspecified atom stereocenters. The summed E-state index contributed by atoms with van der Waals surface area (Å²) in [6.07, 6.45) is 0.991. The van der Waals surface area contributed by atoms with Gasteiger partial charge in [0.25, 0.3) is 0 Å². The molecule has 0 amide bonds. The second-order valence-electron chi connectivity index (χ2n) is 4.32. The number of rotatable bonds is 6. The molecule has 0 bridgehead atoms. The van der Waals surface area contributed by atoms with Gasteiger partial charge < -0.3 is 5.11 Å². The van der Waals surface area contributed by atoms with Crippen LogP contribution in [0.5, 0.6) is 0 Å². The molecular weight excluding hydrogens is 261 g/mol. The van der Waals surface area contributed by atoms with Crippen molar-refractivity contribution in [2.45, 2.75) is 25.3 Å². The maximum absolute atomic E-state index is 12.0. The standard InChI is InChI=1S/C13H17F3OS/c1-10-3-2-4-11(7-10)8-12(9-17)5-6-18-13(14,15)16/h2-4,7,12,17H,5-6,8-9H2,1H3. The normalized spacial score (nSPS) is 13.6. The Balaban J connectivity index is 2.42. The quantitative estimate of drug-likeness (QED) is 0.854. The number of benzene rings is 1. The third-order valence-corrected chi connectivity index (χ3v) is 3.42. The van der Waals surface area contributed by atoms with Crippen molar-refractivity contribution in [3.05, 3.63) is 35.4 Å². The number of halogens is 3. The highest BCUT2D eigenvalue weighted by molar-refractivity contribution is 8.00. The van der Waals surface area contributed by atoms with Crippen LogP contribution in [0.15, 0.2) is 24.3 Å². The van der Waals surface area contributed by atoms with Gasteiger partial charge in [-0.05, 0) is 31.2 Å². The molecule has 0 fully saturated rings. The fourth-order valence-electron chi connectivity index (χ4n) is 1.77. The number of aryl methyl sites for hydroxylation is 1. The molecule has 0 saturated carbocycles. The molecule has 0 aliphatic carbocycles. The van der Waals surface area contributed by atoms with Crippen molar-refractivity contribution in [3.8, 4) is 0 Å². The van der Waals surface area contributed by atoms with Gasteiger partial charge in [0, 0.05) is 12.4 Å². The maximum atomic E-state index is 12.0. The first-order valence-electron chi connectivity index (χ1n) is 5.78. The first-order chi connectivity index (χ1) is 8.40. The molecule has 0 aromatic heterocycles. The smallest absolute Gasteiger partial charge is 0.396 e. The summed E-state index contributed by atoms with van der Waals surface area (Å²) in [5.41, 5.74) is -2.00. The Morgan fingerprint density at radius 3 is 2.61 bits per heavy atom. The van der Waals surface area contributed by atoms with Gasteiger partial charge in [-0.3, -0.25) is 0 Å². The summed E-state index contributed by atoms with van der Waals surface area (Å²) < 4.78 is 36.0. The predicted molar refractivity (Wildman–Crippen MR) is 68.6 cm³/mol. The summed E-state index contributed by atoms with van der Waals surface area (Å²) in [7, 11) is 0. The Kier molecular flexibility index (Phi) is 6.02. The van der Waals surface area contributed by atoms with E-state index in [9.17, 15) is 18.3 Å². The van der Waals surface area contributed by atoms with Crippen LogP contribution in [0.3, 0.4) is 0 Å². The molecule has 1 atom stereocenters. The molecule has 1 nitrogen and oxygen atoms in total. The summed E-state index contributed by atoms with van der Waals surface area (Å²) in [4.78, 5) is 0. The van der Waals surface area contributed by atoms with E-state index in [1.54, 1.807) is 0 Å². The predicted octanol–water partition coefficient (Wildman–Crippen LogP) is 3.79. The Hall–Kier alpha value is -0.680. The van der Waals surface area contributed by atoms with Gasteiger partial charge in [-0.25, -0.2) is 0 Å². The average Bonchev–Trinajstić information content (AvgIpc) is 2.26. The van der Waals surface area contributed by atoms with E-state index in [-0.39, 0.29) is 30.0 Å². The highest BCUT2D eigenvalue weighted by Crippen LogP contribution is 2.31. The molecule has 18 heavy (non-hydrogen) atoms. The van der Waals surface area contributed by atoms with Crippen molar-refractivity contribution in [2.24, 2.45) is 5.92 Å². The van der Waals surface area contributed by atoms with E-state index < -0.39 is 5.51 Å². The lowest BCUT2D eigenvalue weighted by molar-refractivity contribution is -0.0328. The van der Waals surface area contributed by atoms with E-state index in [0.717, 1.165) is 11.1 Å². The molecule has 0 heterocycles. The van der Waals surface area contributed by atoms with Gasteiger partial charge >= 0.3 is 5.51 Å². The summed E-state index contributed by atoms with van der Waals surface area (Å²) in [5, 5.41) is 9.20. The molecule has 1 rings (SSSR count).